The van der Waals surface area contributed by atoms with Crippen LogP contribution in [0, 0.1) is 5.82 Å². The molecule has 0 fully saturated rings. The van der Waals surface area contributed by atoms with Crippen molar-refractivity contribution in [3.05, 3.63) is 89.7 Å². The van der Waals surface area contributed by atoms with E-state index >= 15 is 0 Å². The number of esters is 1. The van der Waals surface area contributed by atoms with Gasteiger partial charge in [0.1, 0.15) is 11.6 Å². The van der Waals surface area contributed by atoms with E-state index < -0.39 is 0 Å². The van der Waals surface area contributed by atoms with Gasteiger partial charge >= 0.3 is 5.97 Å². The van der Waals surface area contributed by atoms with Crippen LogP contribution < -0.4 is 4.74 Å². The zero-order chi connectivity index (χ0) is 17.6. The van der Waals surface area contributed by atoms with Crippen molar-refractivity contribution < 1.29 is 13.9 Å². The van der Waals surface area contributed by atoms with E-state index in [9.17, 15) is 9.18 Å². The van der Waals surface area contributed by atoms with Gasteiger partial charge in [-0.3, -0.25) is 0 Å². The Morgan fingerprint density at radius 1 is 0.840 bits per heavy atom. The number of halogens is 1. The fraction of sp³-hybridized carbons (Fsp3) is 0.136. The topological polar surface area (TPSA) is 26.3 Å². The molecule has 0 aliphatic carbocycles. The first-order valence-electron chi connectivity index (χ1n) is 8.33. The minimum absolute atomic E-state index is 0.265. The monoisotopic (exact) mass is 334 g/mol. The SMILES string of the molecule is CCCc1ccc(C(=O)Oc2ccc(-c3ccc(F)cc3)cc2)cc1. The molecule has 0 unspecified atom stereocenters. The third-order valence-electron chi connectivity index (χ3n) is 3.97. The second-order valence-corrected chi connectivity index (χ2v) is 5.87. The molecule has 0 heterocycles. The fourth-order valence-electron chi connectivity index (χ4n) is 2.62. The fourth-order valence-corrected chi connectivity index (χ4v) is 2.62. The van der Waals surface area contributed by atoms with Crippen LogP contribution in [0.4, 0.5) is 4.39 Å². The van der Waals surface area contributed by atoms with Gasteiger partial charge in [0, 0.05) is 0 Å². The maximum absolute atomic E-state index is 13.0. The van der Waals surface area contributed by atoms with E-state index in [0.717, 1.165) is 24.0 Å². The predicted molar refractivity (Wildman–Crippen MR) is 97.2 cm³/mol. The Balaban J connectivity index is 1.68. The lowest BCUT2D eigenvalue weighted by Crippen LogP contribution is -2.08. The van der Waals surface area contributed by atoms with E-state index in [2.05, 4.69) is 6.92 Å². The molecule has 0 bridgehead atoms. The third-order valence-corrected chi connectivity index (χ3v) is 3.97. The number of aryl methyl sites for hydroxylation is 1. The summed E-state index contributed by atoms with van der Waals surface area (Å²) in [6, 6.07) is 20.9. The van der Waals surface area contributed by atoms with Gasteiger partial charge in [-0.1, -0.05) is 49.7 Å². The Bertz CT molecular complexity index is 835. The lowest BCUT2D eigenvalue weighted by molar-refractivity contribution is 0.0735. The molecule has 3 aromatic carbocycles. The van der Waals surface area contributed by atoms with Crippen molar-refractivity contribution in [3.8, 4) is 16.9 Å². The molecule has 0 aliphatic rings. The van der Waals surface area contributed by atoms with Gasteiger partial charge in [-0.15, -0.1) is 0 Å². The molecule has 0 radical (unpaired) electrons. The summed E-state index contributed by atoms with van der Waals surface area (Å²) in [5.41, 5.74) is 3.58. The van der Waals surface area contributed by atoms with Gasteiger partial charge in [-0.05, 0) is 59.5 Å². The Hall–Kier alpha value is -2.94. The van der Waals surface area contributed by atoms with Crippen LogP contribution in [0.2, 0.25) is 0 Å². The highest BCUT2D eigenvalue weighted by atomic mass is 19.1. The van der Waals surface area contributed by atoms with Crippen molar-refractivity contribution in [3.63, 3.8) is 0 Å². The van der Waals surface area contributed by atoms with Crippen molar-refractivity contribution in [2.75, 3.05) is 0 Å². The standard InChI is InChI=1S/C22H19FO2/c1-2-3-16-4-6-19(7-5-16)22(24)25-21-14-10-18(11-15-21)17-8-12-20(23)13-9-17/h4-15H,2-3H2,1H3. The minimum atomic E-state index is -0.377. The molecule has 3 heteroatoms. The maximum atomic E-state index is 13.0. The molecule has 0 aromatic heterocycles. The number of ether oxygens (including phenoxy) is 1. The quantitative estimate of drug-likeness (QED) is 0.444. The molecule has 0 saturated heterocycles. The smallest absolute Gasteiger partial charge is 0.343 e. The summed E-state index contributed by atoms with van der Waals surface area (Å²) in [6.45, 7) is 2.12. The first-order valence-corrected chi connectivity index (χ1v) is 8.33. The number of hydrogen-bond acceptors (Lipinski definition) is 2. The molecule has 0 N–H and O–H groups in total. The third kappa shape index (κ3) is 4.32. The lowest BCUT2D eigenvalue weighted by Gasteiger charge is -2.07. The van der Waals surface area contributed by atoms with Crippen LogP contribution in [-0.2, 0) is 6.42 Å². The number of carbonyl (C=O) groups is 1. The Labute approximate surface area is 146 Å². The summed E-state index contributed by atoms with van der Waals surface area (Å²) in [4.78, 5) is 12.2. The molecule has 25 heavy (non-hydrogen) atoms. The molecule has 0 saturated carbocycles. The average Bonchev–Trinajstić information content (AvgIpc) is 2.64. The first kappa shape index (κ1) is 16.9. The van der Waals surface area contributed by atoms with E-state index in [0.29, 0.717) is 11.3 Å². The van der Waals surface area contributed by atoms with Crippen molar-refractivity contribution in [2.24, 2.45) is 0 Å². The minimum Gasteiger partial charge on any atom is -0.423 e. The summed E-state index contributed by atoms with van der Waals surface area (Å²) in [6.07, 6.45) is 2.07. The first-order chi connectivity index (χ1) is 12.2. The molecular weight excluding hydrogens is 315 g/mol. The van der Waals surface area contributed by atoms with E-state index in [1.54, 1.807) is 36.4 Å². The second-order valence-electron chi connectivity index (χ2n) is 5.87. The lowest BCUT2D eigenvalue weighted by atomic mass is 10.1. The number of carbonyl (C=O) groups excluding carboxylic acids is 1. The summed E-state index contributed by atoms with van der Waals surface area (Å²) in [5.74, 6) is -0.162. The van der Waals surface area contributed by atoms with Crippen LogP contribution >= 0.6 is 0 Å². The highest BCUT2D eigenvalue weighted by molar-refractivity contribution is 5.91. The van der Waals surface area contributed by atoms with Gasteiger partial charge in [-0.25, -0.2) is 9.18 Å². The van der Waals surface area contributed by atoms with Crippen LogP contribution in [0.5, 0.6) is 5.75 Å². The molecule has 2 nitrogen and oxygen atoms in total. The number of hydrogen-bond donors (Lipinski definition) is 0. The summed E-state index contributed by atoms with van der Waals surface area (Å²) in [5, 5.41) is 0. The van der Waals surface area contributed by atoms with Crippen LogP contribution in [-0.4, -0.2) is 5.97 Å². The zero-order valence-corrected chi connectivity index (χ0v) is 14.0. The van der Waals surface area contributed by atoms with Crippen molar-refractivity contribution in [1.29, 1.82) is 0 Å². The van der Waals surface area contributed by atoms with Crippen LogP contribution in [0.15, 0.2) is 72.8 Å². The van der Waals surface area contributed by atoms with Gasteiger partial charge in [-0.2, -0.15) is 0 Å². The summed E-state index contributed by atoms with van der Waals surface area (Å²) < 4.78 is 18.4. The molecule has 0 amide bonds. The summed E-state index contributed by atoms with van der Waals surface area (Å²) >= 11 is 0. The second kappa shape index (κ2) is 7.75. The Morgan fingerprint density at radius 3 is 1.96 bits per heavy atom. The van der Waals surface area contributed by atoms with E-state index in [1.807, 2.05) is 24.3 Å². The van der Waals surface area contributed by atoms with Gasteiger partial charge in [0.15, 0.2) is 0 Å². The van der Waals surface area contributed by atoms with E-state index in [1.165, 1.54) is 17.7 Å². The number of benzene rings is 3. The van der Waals surface area contributed by atoms with Crippen LogP contribution in [0.1, 0.15) is 29.3 Å². The predicted octanol–water partition coefficient (Wildman–Crippen LogP) is 5.66. The van der Waals surface area contributed by atoms with Gasteiger partial charge in [0.25, 0.3) is 0 Å². The van der Waals surface area contributed by atoms with Gasteiger partial charge in [0.2, 0.25) is 0 Å². The van der Waals surface area contributed by atoms with Crippen molar-refractivity contribution >= 4 is 5.97 Å². The number of rotatable bonds is 5. The normalized spacial score (nSPS) is 10.5. The summed E-state index contributed by atoms with van der Waals surface area (Å²) in [7, 11) is 0. The van der Waals surface area contributed by atoms with E-state index in [-0.39, 0.29) is 11.8 Å². The molecule has 0 spiro atoms. The van der Waals surface area contributed by atoms with Crippen LogP contribution in [0.25, 0.3) is 11.1 Å². The maximum Gasteiger partial charge on any atom is 0.343 e. The molecule has 3 rings (SSSR count). The van der Waals surface area contributed by atoms with Crippen molar-refractivity contribution in [2.45, 2.75) is 19.8 Å². The molecule has 0 aliphatic heterocycles. The largest absolute Gasteiger partial charge is 0.423 e. The highest BCUT2D eigenvalue weighted by Gasteiger charge is 2.09. The average molecular weight is 334 g/mol. The molecule has 126 valence electrons. The molecule has 0 atom stereocenters. The van der Waals surface area contributed by atoms with Crippen LogP contribution in [0.3, 0.4) is 0 Å². The van der Waals surface area contributed by atoms with Gasteiger partial charge in [0.05, 0.1) is 5.56 Å². The zero-order valence-electron chi connectivity index (χ0n) is 14.0. The Kier molecular flexibility index (Phi) is 5.24. The van der Waals surface area contributed by atoms with E-state index in [4.69, 9.17) is 4.74 Å². The molecular formula is C22H19FO2. The van der Waals surface area contributed by atoms with Gasteiger partial charge < -0.3 is 4.74 Å². The highest BCUT2D eigenvalue weighted by Crippen LogP contribution is 2.23. The molecule has 3 aromatic rings. The van der Waals surface area contributed by atoms with Crippen molar-refractivity contribution in [1.82, 2.24) is 0 Å². The Morgan fingerprint density at radius 2 is 1.40 bits per heavy atom.